The van der Waals surface area contributed by atoms with Crippen molar-refractivity contribution < 1.29 is 23.5 Å². The van der Waals surface area contributed by atoms with Gasteiger partial charge in [0.15, 0.2) is 0 Å². The highest BCUT2D eigenvalue weighted by molar-refractivity contribution is 5.90. The van der Waals surface area contributed by atoms with Crippen LogP contribution in [0.25, 0.3) is 6.08 Å². The molecule has 2 rings (SSSR count). The number of benzene rings is 2. The molecule has 0 saturated carbocycles. The number of carbonyl (C=O) groups excluding carboxylic acids is 2. The number of carbonyl (C=O) groups is 2. The highest BCUT2D eigenvalue weighted by Gasteiger charge is 2.04. The lowest BCUT2D eigenvalue weighted by Crippen LogP contribution is -2.01. The molecule has 0 N–H and O–H groups in total. The van der Waals surface area contributed by atoms with Gasteiger partial charge in [0.25, 0.3) is 0 Å². The molecule has 0 aliphatic rings. The predicted molar refractivity (Wildman–Crippen MR) is 83.0 cm³/mol. The lowest BCUT2D eigenvalue weighted by Gasteiger charge is -2.02. The smallest absolute Gasteiger partial charge is 0.337 e. The third kappa shape index (κ3) is 5.07. The summed E-state index contributed by atoms with van der Waals surface area (Å²) in [5, 5.41) is 0. The van der Waals surface area contributed by atoms with Crippen molar-refractivity contribution in [3.63, 3.8) is 0 Å². The van der Waals surface area contributed by atoms with Gasteiger partial charge in [0.1, 0.15) is 12.4 Å². The molecule has 0 spiro atoms. The molecule has 0 aliphatic heterocycles. The van der Waals surface area contributed by atoms with Gasteiger partial charge in [0.2, 0.25) is 0 Å². The van der Waals surface area contributed by atoms with Crippen LogP contribution in [-0.4, -0.2) is 19.0 Å². The number of ether oxygens (including phenoxy) is 2. The Balaban J connectivity index is 1.88. The number of hydrogen-bond acceptors (Lipinski definition) is 4. The number of hydrogen-bond donors (Lipinski definition) is 0. The van der Waals surface area contributed by atoms with E-state index in [9.17, 15) is 14.0 Å². The molecule has 0 bridgehead atoms. The summed E-state index contributed by atoms with van der Waals surface area (Å²) in [6, 6.07) is 12.3. The quantitative estimate of drug-likeness (QED) is 0.627. The van der Waals surface area contributed by atoms with E-state index in [0.717, 1.165) is 5.56 Å². The van der Waals surface area contributed by atoms with E-state index in [-0.39, 0.29) is 12.4 Å². The maximum atomic E-state index is 12.7. The lowest BCUT2D eigenvalue weighted by atomic mass is 10.1. The second kappa shape index (κ2) is 7.89. The fourth-order valence-corrected chi connectivity index (χ4v) is 1.80. The molecule has 0 heterocycles. The van der Waals surface area contributed by atoms with Gasteiger partial charge in [-0.2, -0.15) is 0 Å². The summed E-state index contributed by atoms with van der Waals surface area (Å²) in [6.07, 6.45) is 2.87. The topological polar surface area (TPSA) is 52.6 Å². The van der Waals surface area contributed by atoms with Crippen LogP contribution in [0.5, 0.6) is 0 Å². The Kier molecular flexibility index (Phi) is 5.63. The molecule has 0 radical (unpaired) electrons. The molecule has 0 fully saturated rings. The van der Waals surface area contributed by atoms with Crippen molar-refractivity contribution in [1.29, 1.82) is 0 Å². The average molecular weight is 314 g/mol. The van der Waals surface area contributed by atoms with E-state index in [4.69, 9.17) is 4.74 Å². The SMILES string of the molecule is COC(=O)c1ccc(C=CC(=O)OCc2ccc(F)cc2)cc1. The average Bonchev–Trinajstić information content (AvgIpc) is 2.59. The van der Waals surface area contributed by atoms with Gasteiger partial charge in [0.05, 0.1) is 12.7 Å². The third-order valence-corrected chi connectivity index (χ3v) is 3.04. The first-order valence-electron chi connectivity index (χ1n) is 6.86. The second-order valence-corrected chi connectivity index (χ2v) is 4.68. The van der Waals surface area contributed by atoms with Crippen molar-refractivity contribution in [1.82, 2.24) is 0 Å². The molecule has 5 heteroatoms. The van der Waals surface area contributed by atoms with E-state index in [1.165, 1.54) is 25.3 Å². The molecule has 0 unspecified atom stereocenters. The molecule has 4 nitrogen and oxygen atoms in total. The highest BCUT2D eigenvalue weighted by Crippen LogP contribution is 2.08. The normalized spacial score (nSPS) is 10.5. The van der Waals surface area contributed by atoms with Gasteiger partial charge in [-0.1, -0.05) is 24.3 Å². The third-order valence-electron chi connectivity index (χ3n) is 3.04. The summed E-state index contributed by atoms with van der Waals surface area (Å²) in [7, 11) is 1.31. The van der Waals surface area contributed by atoms with Crippen molar-refractivity contribution in [3.8, 4) is 0 Å². The van der Waals surface area contributed by atoms with Crippen LogP contribution < -0.4 is 0 Å². The van der Waals surface area contributed by atoms with E-state index >= 15 is 0 Å². The van der Waals surface area contributed by atoms with Gasteiger partial charge in [-0.25, -0.2) is 14.0 Å². The van der Waals surface area contributed by atoms with Crippen LogP contribution in [0, 0.1) is 5.82 Å². The van der Waals surface area contributed by atoms with Crippen LogP contribution in [-0.2, 0) is 20.9 Å². The lowest BCUT2D eigenvalue weighted by molar-refractivity contribution is -0.138. The highest BCUT2D eigenvalue weighted by atomic mass is 19.1. The van der Waals surface area contributed by atoms with E-state index < -0.39 is 11.9 Å². The minimum absolute atomic E-state index is 0.0741. The summed E-state index contributed by atoms with van der Waals surface area (Å²) < 4.78 is 22.4. The number of esters is 2. The van der Waals surface area contributed by atoms with Crippen molar-refractivity contribution in [2.75, 3.05) is 7.11 Å². The Hall–Kier alpha value is -2.95. The van der Waals surface area contributed by atoms with E-state index in [2.05, 4.69) is 4.74 Å². The molecule has 0 aromatic heterocycles. The predicted octanol–water partition coefficient (Wildman–Crippen LogP) is 3.37. The summed E-state index contributed by atoms with van der Waals surface area (Å²) in [4.78, 5) is 22.9. The van der Waals surface area contributed by atoms with Gasteiger partial charge in [-0.15, -0.1) is 0 Å². The molecule has 0 aliphatic carbocycles. The number of rotatable bonds is 5. The molecule has 2 aromatic carbocycles. The van der Waals surface area contributed by atoms with E-state index in [1.807, 2.05) is 0 Å². The van der Waals surface area contributed by atoms with Gasteiger partial charge in [0, 0.05) is 6.08 Å². The van der Waals surface area contributed by atoms with E-state index in [0.29, 0.717) is 11.1 Å². The molecule has 23 heavy (non-hydrogen) atoms. The zero-order valence-corrected chi connectivity index (χ0v) is 12.5. The zero-order chi connectivity index (χ0) is 16.7. The zero-order valence-electron chi connectivity index (χ0n) is 12.5. The largest absolute Gasteiger partial charge is 0.465 e. The fourth-order valence-electron chi connectivity index (χ4n) is 1.80. The first kappa shape index (κ1) is 16.4. The number of methoxy groups -OCH3 is 1. The molecular formula is C18H15FO4. The summed E-state index contributed by atoms with van der Waals surface area (Å²) in [5.74, 6) is -1.26. The summed E-state index contributed by atoms with van der Waals surface area (Å²) >= 11 is 0. The molecule has 0 amide bonds. The Morgan fingerprint density at radius 3 is 2.30 bits per heavy atom. The van der Waals surface area contributed by atoms with Crippen molar-refractivity contribution >= 4 is 18.0 Å². The molecular weight excluding hydrogens is 299 g/mol. The molecule has 2 aromatic rings. The second-order valence-electron chi connectivity index (χ2n) is 4.68. The van der Waals surface area contributed by atoms with E-state index in [1.54, 1.807) is 42.5 Å². The molecule has 0 atom stereocenters. The minimum atomic E-state index is -0.508. The minimum Gasteiger partial charge on any atom is -0.465 e. The van der Waals surface area contributed by atoms with Crippen molar-refractivity contribution in [3.05, 3.63) is 77.1 Å². The molecule has 118 valence electrons. The van der Waals surface area contributed by atoms with Gasteiger partial charge in [-0.05, 0) is 41.5 Å². The number of halogens is 1. The maximum absolute atomic E-state index is 12.7. The monoisotopic (exact) mass is 314 g/mol. The van der Waals surface area contributed by atoms with Crippen LogP contribution >= 0.6 is 0 Å². The van der Waals surface area contributed by atoms with Gasteiger partial charge < -0.3 is 9.47 Å². The standard InChI is InChI=1S/C18H15FO4/c1-22-18(21)15-7-2-13(3-8-15)6-11-17(20)23-12-14-4-9-16(19)10-5-14/h2-11H,12H2,1H3. The van der Waals surface area contributed by atoms with Gasteiger partial charge in [-0.3, -0.25) is 0 Å². The maximum Gasteiger partial charge on any atom is 0.337 e. The van der Waals surface area contributed by atoms with Crippen LogP contribution in [0.15, 0.2) is 54.6 Å². The van der Waals surface area contributed by atoms with Crippen LogP contribution in [0.1, 0.15) is 21.5 Å². The fraction of sp³-hybridized carbons (Fsp3) is 0.111. The first-order chi connectivity index (χ1) is 11.1. The first-order valence-corrected chi connectivity index (χ1v) is 6.86. The molecule has 0 saturated heterocycles. The van der Waals surface area contributed by atoms with Crippen molar-refractivity contribution in [2.45, 2.75) is 6.61 Å². The van der Waals surface area contributed by atoms with Gasteiger partial charge >= 0.3 is 11.9 Å². The Morgan fingerprint density at radius 2 is 1.70 bits per heavy atom. The van der Waals surface area contributed by atoms with Crippen LogP contribution in [0.4, 0.5) is 4.39 Å². The Morgan fingerprint density at radius 1 is 1.04 bits per heavy atom. The summed E-state index contributed by atoms with van der Waals surface area (Å²) in [5.41, 5.74) is 1.88. The van der Waals surface area contributed by atoms with Crippen molar-refractivity contribution in [2.24, 2.45) is 0 Å². The van der Waals surface area contributed by atoms with Crippen LogP contribution in [0.3, 0.4) is 0 Å². The Labute approximate surface area is 133 Å². The van der Waals surface area contributed by atoms with Crippen LogP contribution in [0.2, 0.25) is 0 Å². The Bertz CT molecular complexity index is 703. The summed E-state index contributed by atoms with van der Waals surface area (Å²) in [6.45, 7) is 0.0741.